The maximum Gasteiger partial charge on any atom is 0.338 e. The van der Waals surface area contributed by atoms with Gasteiger partial charge in [-0.2, -0.15) is 0 Å². The van der Waals surface area contributed by atoms with Gasteiger partial charge < -0.3 is 14.8 Å². The third-order valence-electron chi connectivity index (χ3n) is 3.35. The predicted octanol–water partition coefficient (Wildman–Crippen LogP) is 2.11. The Morgan fingerprint density at radius 1 is 1.36 bits per heavy atom. The Kier molecular flexibility index (Phi) is 5.38. The fourth-order valence-corrected chi connectivity index (χ4v) is 2.29. The molecule has 1 aliphatic heterocycles. The van der Waals surface area contributed by atoms with Crippen LogP contribution in [0, 0.1) is 6.92 Å². The van der Waals surface area contributed by atoms with Crippen molar-refractivity contribution in [1.29, 1.82) is 0 Å². The van der Waals surface area contributed by atoms with Gasteiger partial charge in [0, 0.05) is 18.8 Å². The maximum absolute atomic E-state index is 12.0. The van der Waals surface area contributed by atoms with Crippen LogP contribution in [0.4, 0.5) is 10.5 Å². The van der Waals surface area contributed by atoms with Crippen molar-refractivity contribution in [2.24, 2.45) is 0 Å². The molecule has 2 rings (SSSR count). The summed E-state index contributed by atoms with van der Waals surface area (Å²) >= 11 is 0. The average Bonchev–Trinajstić information content (AvgIpc) is 2.89. The molecule has 0 radical (unpaired) electrons. The number of ether oxygens (including phenoxy) is 2. The van der Waals surface area contributed by atoms with Crippen LogP contribution in [0.25, 0.3) is 0 Å². The van der Waals surface area contributed by atoms with Crippen LogP contribution in [0.1, 0.15) is 29.8 Å². The van der Waals surface area contributed by atoms with Gasteiger partial charge in [-0.3, -0.25) is 4.90 Å². The van der Waals surface area contributed by atoms with Gasteiger partial charge in [-0.15, -0.1) is 0 Å². The summed E-state index contributed by atoms with van der Waals surface area (Å²) in [6, 6.07) is 5.09. The van der Waals surface area contributed by atoms with Crippen LogP contribution in [0.5, 0.6) is 0 Å². The smallest absolute Gasteiger partial charge is 0.338 e. The minimum Gasteiger partial charge on any atom is -0.460 e. The van der Waals surface area contributed by atoms with Crippen molar-refractivity contribution in [2.45, 2.75) is 26.9 Å². The summed E-state index contributed by atoms with van der Waals surface area (Å²) < 4.78 is 10.5. The zero-order valence-electron chi connectivity index (χ0n) is 13.2. The van der Waals surface area contributed by atoms with Gasteiger partial charge in [0.05, 0.1) is 18.3 Å². The highest BCUT2D eigenvalue weighted by Gasteiger charge is 2.23. The number of hydrogen-bond donors (Lipinski definition) is 1. The molecule has 0 unspecified atom stereocenters. The largest absolute Gasteiger partial charge is 0.460 e. The number of nitrogens with zero attached hydrogens (tertiary/aromatic N) is 1. The molecule has 22 heavy (non-hydrogen) atoms. The molecule has 0 aromatic heterocycles. The molecule has 120 valence electrons. The lowest BCUT2D eigenvalue weighted by atomic mass is 10.1. The normalized spacial score (nSPS) is 14.4. The SMILES string of the molecule is Cc1cc(C(=O)OCCOC(C)C)ccc1N1CCNC1=O. The van der Waals surface area contributed by atoms with Crippen LogP contribution in [0.3, 0.4) is 0 Å². The third kappa shape index (κ3) is 3.98. The monoisotopic (exact) mass is 306 g/mol. The second-order valence-corrected chi connectivity index (χ2v) is 5.44. The zero-order chi connectivity index (χ0) is 16.1. The summed E-state index contributed by atoms with van der Waals surface area (Å²) in [4.78, 5) is 25.3. The fourth-order valence-electron chi connectivity index (χ4n) is 2.29. The minimum absolute atomic E-state index is 0.107. The summed E-state index contributed by atoms with van der Waals surface area (Å²) in [5, 5.41) is 2.76. The van der Waals surface area contributed by atoms with Gasteiger partial charge >= 0.3 is 12.0 Å². The van der Waals surface area contributed by atoms with E-state index in [1.165, 1.54) is 0 Å². The Morgan fingerprint density at radius 2 is 2.14 bits per heavy atom. The highest BCUT2D eigenvalue weighted by atomic mass is 16.6. The summed E-state index contributed by atoms with van der Waals surface area (Å²) in [5.74, 6) is -0.382. The van der Waals surface area contributed by atoms with E-state index in [9.17, 15) is 9.59 Å². The van der Waals surface area contributed by atoms with E-state index in [4.69, 9.17) is 9.47 Å². The van der Waals surface area contributed by atoms with E-state index in [-0.39, 0.29) is 24.7 Å². The molecule has 0 atom stereocenters. The maximum atomic E-state index is 12.0. The fraction of sp³-hybridized carbons (Fsp3) is 0.500. The number of benzene rings is 1. The summed E-state index contributed by atoms with van der Waals surface area (Å²) in [6.45, 7) is 7.62. The molecular formula is C16H22N2O4. The number of anilines is 1. The molecule has 1 aliphatic rings. The molecule has 2 amide bonds. The molecule has 0 bridgehead atoms. The number of carbonyl (C=O) groups is 2. The number of amides is 2. The van der Waals surface area contributed by atoms with Crippen LogP contribution >= 0.6 is 0 Å². The molecule has 0 saturated carbocycles. The number of rotatable bonds is 6. The number of urea groups is 1. The quantitative estimate of drug-likeness (QED) is 0.645. The van der Waals surface area contributed by atoms with Crippen LogP contribution in [0.15, 0.2) is 18.2 Å². The lowest BCUT2D eigenvalue weighted by molar-refractivity contribution is 0.0177. The van der Waals surface area contributed by atoms with E-state index in [1.54, 1.807) is 23.1 Å². The van der Waals surface area contributed by atoms with E-state index in [0.29, 0.717) is 25.3 Å². The highest BCUT2D eigenvalue weighted by molar-refractivity contribution is 5.96. The van der Waals surface area contributed by atoms with E-state index < -0.39 is 0 Å². The number of aryl methyl sites for hydroxylation is 1. The van der Waals surface area contributed by atoms with E-state index in [0.717, 1.165) is 11.3 Å². The van der Waals surface area contributed by atoms with Crippen molar-refractivity contribution < 1.29 is 19.1 Å². The van der Waals surface area contributed by atoms with Gasteiger partial charge in [0.1, 0.15) is 6.61 Å². The van der Waals surface area contributed by atoms with Crippen molar-refractivity contribution >= 4 is 17.7 Å². The molecule has 0 aliphatic carbocycles. The Hall–Kier alpha value is -2.08. The summed E-state index contributed by atoms with van der Waals surface area (Å²) in [7, 11) is 0. The minimum atomic E-state index is -0.382. The molecule has 0 spiro atoms. The van der Waals surface area contributed by atoms with Crippen molar-refractivity contribution in [1.82, 2.24) is 5.32 Å². The lowest BCUT2D eigenvalue weighted by Crippen LogP contribution is -2.28. The van der Waals surface area contributed by atoms with Gasteiger partial charge in [-0.05, 0) is 44.5 Å². The second kappa shape index (κ2) is 7.26. The van der Waals surface area contributed by atoms with Crippen molar-refractivity contribution in [3.63, 3.8) is 0 Å². The third-order valence-corrected chi connectivity index (χ3v) is 3.35. The van der Waals surface area contributed by atoms with E-state index in [2.05, 4.69) is 5.32 Å². The zero-order valence-corrected chi connectivity index (χ0v) is 13.2. The molecule has 1 saturated heterocycles. The van der Waals surface area contributed by atoms with Crippen molar-refractivity contribution in [3.8, 4) is 0 Å². The molecule has 1 aromatic rings. The Morgan fingerprint density at radius 3 is 2.73 bits per heavy atom. The van der Waals surface area contributed by atoms with Gasteiger partial charge in [0.25, 0.3) is 0 Å². The standard InChI is InChI=1S/C16H22N2O4/c1-11(2)21-8-9-22-15(19)13-4-5-14(12(3)10-13)18-7-6-17-16(18)20/h4-5,10-11H,6-9H2,1-3H3,(H,17,20). The van der Waals surface area contributed by atoms with Crippen molar-refractivity contribution in [3.05, 3.63) is 29.3 Å². The Labute approximate surface area is 130 Å². The number of esters is 1. The topological polar surface area (TPSA) is 67.9 Å². The van der Waals surface area contributed by atoms with Crippen LogP contribution < -0.4 is 10.2 Å². The van der Waals surface area contributed by atoms with Gasteiger partial charge in [0.15, 0.2) is 0 Å². The first-order valence-corrected chi connectivity index (χ1v) is 7.44. The van der Waals surface area contributed by atoms with Crippen LogP contribution in [0.2, 0.25) is 0 Å². The lowest BCUT2D eigenvalue weighted by Gasteiger charge is -2.17. The molecule has 1 heterocycles. The Bertz CT molecular complexity index is 557. The molecule has 6 nitrogen and oxygen atoms in total. The summed E-state index contributed by atoms with van der Waals surface area (Å²) in [6.07, 6.45) is 0.117. The number of hydrogen-bond acceptors (Lipinski definition) is 4. The van der Waals surface area contributed by atoms with Gasteiger partial charge in [-0.25, -0.2) is 9.59 Å². The number of carbonyl (C=O) groups excluding carboxylic acids is 2. The first-order chi connectivity index (χ1) is 10.5. The average molecular weight is 306 g/mol. The number of nitrogens with one attached hydrogen (secondary N) is 1. The van der Waals surface area contributed by atoms with Crippen LogP contribution in [-0.4, -0.2) is 44.4 Å². The van der Waals surface area contributed by atoms with E-state index >= 15 is 0 Å². The second-order valence-electron chi connectivity index (χ2n) is 5.44. The highest BCUT2D eigenvalue weighted by Crippen LogP contribution is 2.23. The first kappa shape index (κ1) is 16.3. The molecule has 1 fully saturated rings. The molecule has 6 heteroatoms. The van der Waals surface area contributed by atoms with Gasteiger partial charge in [-0.1, -0.05) is 0 Å². The molecular weight excluding hydrogens is 284 g/mol. The van der Waals surface area contributed by atoms with Crippen molar-refractivity contribution in [2.75, 3.05) is 31.2 Å². The van der Waals surface area contributed by atoms with Gasteiger partial charge in [0.2, 0.25) is 0 Å². The Balaban J connectivity index is 1.96. The summed E-state index contributed by atoms with van der Waals surface area (Å²) in [5.41, 5.74) is 2.16. The first-order valence-electron chi connectivity index (χ1n) is 7.44. The molecule has 1 N–H and O–H groups in total. The molecule has 1 aromatic carbocycles. The van der Waals surface area contributed by atoms with E-state index in [1.807, 2.05) is 20.8 Å². The van der Waals surface area contributed by atoms with Crippen LogP contribution in [-0.2, 0) is 9.47 Å². The predicted molar refractivity (Wildman–Crippen MR) is 83.3 cm³/mol.